The van der Waals surface area contributed by atoms with E-state index < -0.39 is 22.1 Å². The molecule has 1 atom stereocenters. The Morgan fingerprint density at radius 2 is 1.89 bits per heavy atom. The number of carbonyl (C=O) groups is 2. The number of aryl methyl sites for hydroxylation is 1. The molecule has 2 aromatic heterocycles. The number of sulfonamides is 1. The highest BCUT2D eigenvalue weighted by Gasteiger charge is 2.31. The summed E-state index contributed by atoms with van der Waals surface area (Å²) in [7, 11) is -4.06. The fourth-order valence-corrected chi connectivity index (χ4v) is 5.78. The van der Waals surface area contributed by atoms with Crippen molar-refractivity contribution in [3.8, 4) is 6.07 Å². The monoisotopic (exact) mass is 497 g/mol. The molecule has 1 saturated heterocycles. The Morgan fingerprint density at radius 3 is 2.66 bits per heavy atom. The van der Waals surface area contributed by atoms with E-state index in [0.717, 1.165) is 0 Å². The maximum absolute atomic E-state index is 13.5. The molecule has 1 aliphatic heterocycles. The Hall–Kier alpha value is -3.82. The maximum Gasteiger partial charge on any atom is 0.314 e. The number of nitrogens with zero attached hydrogens (tertiary/aromatic N) is 4. The van der Waals surface area contributed by atoms with Crippen molar-refractivity contribution in [2.75, 3.05) is 26.2 Å². The summed E-state index contributed by atoms with van der Waals surface area (Å²) < 4.78 is 31.1. The van der Waals surface area contributed by atoms with Crippen molar-refractivity contribution < 1.29 is 18.0 Å². The highest BCUT2D eigenvalue weighted by atomic mass is 32.2. The number of aromatic nitrogens is 2. The molecular weight excluding hydrogens is 470 g/mol. The van der Waals surface area contributed by atoms with Gasteiger partial charge in [-0.05, 0) is 43.2 Å². The maximum atomic E-state index is 13.5. The molecule has 1 fully saturated rings. The fourth-order valence-electron chi connectivity index (χ4n) is 4.33. The largest absolute Gasteiger partial charge is 0.361 e. The number of benzene rings is 1. The van der Waals surface area contributed by atoms with Crippen molar-refractivity contribution >= 4 is 32.9 Å². The molecule has 0 radical (unpaired) electrons. The summed E-state index contributed by atoms with van der Waals surface area (Å²) in [5.74, 6) is -0.383. The van der Waals surface area contributed by atoms with Crippen LogP contribution in [-0.4, -0.2) is 71.9 Å². The minimum atomic E-state index is -4.06. The second-order valence-electron chi connectivity index (χ2n) is 8.36. The topological polar surface area (TPSA) is 157 Å². The minimum Gasteiger partial charge on any atom is -0.361 e. The van der Waals surface area contributed by atoms with E-state index in [1.165, 1.54) is 11.0 Å². The van der Waals surface area contributed by atoms with Crippen LogP contribution in [-0.2, 0) is 21.4 Å². The zero-order valence-corrected chi connectivity index (χ0v) is 19.9. The Balaban J connectivity index is 1.59. The first-order valence-corrected chi connectivity index (χ1v) is 12.8. The number of fused-ring (bicyclic) bond motifs is 1. The van der Waals surface area contributed by atoms with Crippen molar-refractivity contribution in [3.05, 3.63) is 54.5 Å². The zero-order valence-electron chi connectivity index (χ0n) is 19.1. The lowest BCUT2D eigenvalue weighted by Crippen LogP contribution is -2.50. The van der Waals surface area contributed by atoms with Gasteiger partial charge in [0, 0.05) is 56.0 Å². The molecule has 184 valence electrons. The molecule has 0 bridgehead atoms. The van der Waals surface area contributed by atoms with Crippen LogP contribution in [0.25, 0.3) is 10.9 Å². The lowest BCUT2D eigenvalue weighted by Gasteiger charge is -2.27. The molecule has 3 amide bonds. The van der Waals surface area contributed by atoms with E-state index in [1.54, 1.807) is 52.2 Å². The molecular formula is C23H27N7O4S. The highest BCUT2D eigenvalue weighted by molar-refractivity contribution is 7.89. The molecule has 3 heterocycles. The van der Waals surface area contributed by atoms with Crippen molar-refractivity contribution in [2.45, 2.75) is 30.3 Å². The van der Waals surface area contributed by atoms with Crippen LogP contribution in [0.2, 0.25) is 0 Å². The van der Waals surface area contributed by atoms with Crippen molar-refractivity contribution in [1.29, 1.82) is 5.26 Å². The van der Waals surface area contributed by atoms with Gasteiger partial charge < -0.3 is 25.1 Å². The normalized spacial score (nSPS) is 15.5. The van der Waals surface area contributed by atoms with Gasteiger partial charge >= 0.3 is 6.03 Å². The number of nitrogens with one attached hydrogen (secondary N) is 2. The Labute approximate surface area is 203 Å². The van der Waals surface area contributed by atoms with Gasteiger partial charge in [0.2, 0.25) is 15.9 Å². The predicted molar refractivity (Wildman–Crippen MR) is 129 cm³/mol. The molecule has 1 unspecified atom stereocenters. The first kappa shape index (κ1) is 24.3. The van der Waals surface area contributed by atoms with Crippen LogP contribution in [0.4, 0.5) is 4.79 Å². The highest BCUT2D eigenvalue weighted by Crippen LogP contribution is 2.23. The molecule has 11 nitrogen and oxygen atoms in total. The number of primary amides is 1. The standard InChI is InChI=1S/C23H27N7O4S/c24-16-17-4-2-10-28(17)13-8-20(22(31)29-11-3-12-30(15-14-29)23(25)32)27-35(33,34)21-6-1-5-19-18(21)7-9-26-19/h1-2,4-7,9-10,20,26-27H,3,8,11-15H2,(H2,25,32). The number of nitriles is 1. The quantitative estimate of drug-likeness (QED) is 0.447. The van der Waals surface area contributed by atoms with Crippen LogP contribution in [0.5, 0.6) is 0 Å². The number of amides is 3. The van der Waals surface area contributed by atoms with Gasteiger partial charge in [-0.2, -0.15) is 9.98 Å². The third-order valence-corrected chi connectivity index (χ3v) is 7.69. The van der Waals surface area contributed by atoms with E-state index in [0.29, 0.717) is 36.1 Å². The number of hydrogen-bond donors (Lipinski definition) is 3. The van der Waals surface area contributed by atoms with Crippen LogP contribution in [0, 0.1) is 11.3 Å². The number of urea groups is 1. The summed E-state index contributed by atoms with van der Waals surface area (Å²) in [6.45, 7) is 1.60. The Kier molecular flexibility index (Phi) is 7.09. The third-order valence-electron chi connectivity index (χ3n) is 6.16. The smallest absolute Gasteiger partial charge is 0.314 e. The molecule has 0 saturated carbocycles. The summed E-state index contributed by atoms with van der Waals surface area (Å²) in [5.41, 5.74) is 6.48. The SMILES string of the molecule is N#Cc1cccn1CCC(NS(=O)(=O)c1cccc2[nH]ccc12)C(=O)N1CCCN(C(N)=O)CC1. The average molecular weight is 498 g/mol. The van der Waals surface area contributed by atoms with Gasteiger partial charge in [0.25, 0.3) is 0 Å². The van der Waals surface area contributed by atoms with Crippen LogP contribution in [0.3, 0.4) is 0 Å². The molecule has 0 spiro atoms. The number of hydrogen-bond acceptors (Lipinski definition) is 5. The molecule has 1 aromatic carbocycles. The zero-order chi connectivity index (χ0) is 25.0. The summed E-state index contributed by atoms with van der Waals surface area (Å²) in [4.78, 5) is 31.2. The van der Waals surface area contributed by atoms with E-state index in [2.05, 4.69) is 15.8 Å². The van der Waals surface area contributed by atoms with Crippen LogP contribution >= 0.6 is 0 Å². The summed E-state index contributed by atoms with van der Waals surface area (Å²) in [6, 6.07) is 10.4. The van der Waals surface area contributed by atoms with E-state index in [-0.39, 0.29) is 36.9 Å². The molecule has 12 heteroatoms. The summed E-state index contributed by atoms with van der Waals surface area (Å²) in [5, 5.41) is 9.82. The average Bonchev–Trinajstić information content (AvgIpc) is 3.43. The lowest BCUT2D eigenvalue weighted by molar-refractivity contribution is -0.133. The Bertz CT molecular complexity index is 1370. The molecule has 0 aliphatic carbocycles. The third kappa shape index (κ3) is 5.31. The first-order chi connectivity index (χ1) is 16.8. The van der Waals surface area contributed by atoms with Crippen molar-refractivity contribution in [1.82, 2.24) is 24.1 Å². The number of carbonyl (C=O) groups excluding carboxylic acids is 2. The van der Waals surface area contributed by atoms with E-state index in [1.807, 2.05) is 0 Å². The minimum absolute atomic E-state index is 0.0727. The second-order valence-corrected chi connectivity index (χ2v) is 10.0. The van der Waals surface area contributed by atoms with Gasteiger partial charge in [-0.1, -0.05) is 6.07 Å². The van der Waals surface area contributed by atoms with Gasteiger partial charge in [0.1, 0.15) is 17.8 Å². The number of rotatable bonds is 7. The molecule has 35 heavy (non-hydrogen) atoms. The van der Waals surface area contributed by atoms with E-state index in [4.69, 9.17) is 5.73 Å². The number of nitrogens with two attached hydrogens (primary N) is 1. The van der Waals surface area contributed by atoms with E-state index in [9.17, 15) is 23.3 Å². The van der Waals surface area contributed by atoms with Crippen molar-refractivity contribution in [3.63, 3.8) is 0 Å². The van der Waals surface area contributed by atoms with Gasteiger partial charge in [0.05, 0.1) is 4.90 Å². The number of H-pyrrole nitrogens is 1. The van der Waals surface area contributed by atoms with Crippen molar-refractivity contribution in [2.24, 2.45) is 5.73 Å². The summed E-state index contributed by atoms with van der Waals surface area (Å²) in [6.07, 6.45) is 4.04. The molecule has 3 aromatic rings. The van der Waals surface area contributed by atoms with Gasteiger partial charge in [-0.3, -0.25) is 4.79 Å². The Morgan fingerprint density at radius 1 is 1.11 bits per heavy atom. The molecule has 4 N–H and O–H groups in total. The second kappa shape index (κ2) is 10.2. The van der Waals surface area contributed by atoms with Crippen LogP contribution in [0.1, 0.15) is 18.5 Å². The first-order valence-electron chi connectivity index (χ1n) is 11.3. The van der Waals surface area contributed by atoms with Gasteiger partial charge in [-0.25, -0.2) is 13.2 Å². The molecule has 4 rings (SSSR count). The predicted octanol–water partition coefficient (Wildman–Crippen LogP) is 1.19. The van der Waals surface area contributed by atoms with E-state index >= 15 is 0 Å². The number of aromatic amines is 1. The van der Waals surface area contributed by atoms with Crippen LogP contribution in [0.15, 0.2) is 53.7 Å². The molecule has 1 aliphatic rings. The lowest BCUT2D eigenvalue weighted by atomic mass is 10.2. The summed E-state index contributed by atoms with van der Waals surface area (Å²) >= 11 is 0. The van der Waals surface area contributed by atoms with Gasteiger partial charge in [-0.15, -0.1) is 0 Å². The van der Waals surface area contributed by atoms with Crippen LogP contribution < -0.4 is 10.5 Å². The fraction of sp³-hybridized carbons (Fsp3) is 0.348. The van der Waals surface area contributed by atoms with Gasteiger partial charge in [0.15, 0.2) is 0 Å².